The van der Waals surface area contributed by atoms with Crippen LogP contribution in [-0.2, 0) is 4.79 Å². The monoisotopic (exact) mass is 156 g/mol. The maximum atomic E-state index is 10.9. The highest BCUT2D eigenvalue weighted by molar-refractivity contribution is 6.01. The van der Waals surface area contributed by atoms with E-state index in [0.717, 1.165) is 12.8 Å². The number of imide groups is 1. The first-order valence-electron chi connectivity index (χ1n) is 3.84. The Bertz CT molecular complexity index is 163. The number of unbranched alkanes of at least 4 members (excludes halogenated alkanes) is 1. The average Bonchev–Trinajstić information content (AvgIpc) is 2.29. The largest absolute Gasteiger partial charge is 0.329 e. The van der Waals surface area contributed by atoms with Crippen molar-refractivity contribution in [2.24, 2.45) is 0 Å². The number of rotatable bonds is 3. The maximum absolute atomic E-state index is 10.9. The summed E-state index contributed by atoms with van der Waals surface area (Å²) >= 11 is 0. The Labute approximate surface area is 65.6 Å². The molecular weight excluding hydrogens is 144 g/mol. The molecule has 1 aliphatic rings. The van der Waals surface area contributed by atoms with Crippen LogP contribution in [0.3, 0.4) is 0 Å². The second-order valence-electron chi connectivity index (χ2n) is 2.56. The van der Waals surface area contributed by atoms with Crippen molar-refractivity contribution in [1.82, 2.24) is 10.2 Å². The van der Waals surface area contributed by atoms with E-state index >= 15 is 0 Å². The molecule has 0 spiro atoms. The normalized spacial score (nSPS) is 17.4. The Kier molecular flexibility index (Phi) is 2.46. The average molecular weight is 156 g/mol. The van der Waals surface area contributed by atoms with Gasteiger partial charge in [0.1, 0.15) is 0 Å². The van der Waals surface area contributed by atoms with Crippen molar-refractivity contribution >= 4 is 11.9 Å². The Hall–Kier alpha value is -1.06. The highest BCUT2D eigenvalue weighted by Gasteiger charge is 2.27. The molecule has 11 heavy (non-hydrogen) atoms. The number of nitrogens with one attached hydrogen (secondary N) is 1. The van der Waals surface area contributed by atoms with E-state index in [0.29, 0.717) is 6.54 Å². The van der Waals surface area contributed by atoms with Gasteiger partial charge in [-0.2, -0.15) is 0 Å². The lowest BCUT2D eigenvalue weighted by atomic mass is 10.3. The third-order valence-corrected chi connectivity index (χ3v) is 1.67. The van der Waals surface area contributed by atoms with Gasteiger partial charge in [0.25, 0.3) is 0 Å². The Morgan fingerprint density at radius 1 is 1.55 bits per heavy atom. The highest BCUT2D eigenvalue weighted by Crippen LogP contribution is 2.00. The van der Waals surface area contributed by atoms with Gasteiger partial charge < -0.3 is 5.32 Å². The molecule has 0 aromatic heterocycles. The first-order valence-corrected chi connectivity index (χ1v) is 3.84. The zero-order chi connectivity index (χ0) is 8.27. The van der Waals surface area contributed by atoms with Gasteiger partial charge in [-0.15, -0.1) is 0 Å². The molecule has 0 saturated carbocycles. The van der Waals surface area contributed by atoms with Gasteiger partial charge in [-0.25, -0.2) is 4.79 Å². The molecule has 0 aromatic carbocycles. The molecule has 3 amide bonds. The lowest BCUT2D eigenvalue weighted by molar-refractivity contribution is -0.125. The predicted octanol–water partition coefficient (Wildman–Crippen LogP) is 0.338. The first kappa shape index (κ1) is 8.04. The van der Waals surface area contributed by atoms with E-state index < -0.39 is 0 Å². The molecule has 0 aliphatic carbocycles. The van der Waals surface area contributed by atoms with Crippen LogP contribution in [0.5, 0.6) is 0 Å². The molecule has 0 radical (unpaired) electrons. The van der Waals surface area contributed by atoms with Gasteiger partial charge in [0, 0.05) is 6.54 Å². The predicted molar refractivity (Wildman–Crippen MR) is 40.0 cm³/mol. The van der Waals surface area contributed by atoms with Gasteiger partial charge in [-0.05, 0) is 6.42 Å². The molecule has 4 heteroatoms. The number of urea groups is 1. The number of hydrogen-bond donors (Lipinski definition) is 1. The van der Waals surface area contributed by atoms with Crippen molar-refractivity contribution in [3.8, 4) is 0 Å². The van der Waals surface area contributed by atoms with Crippen molar-refractivity contribution in [3.63, 3.8) is 0 Å². The summed E-state index contributed by atoms with van der Waals surface area (Å²) in [6, 6.07) is -0.247. The third-order valence-electron chi connectivity index (χ3n) is 1.67. The van der Waals surface area contributed by atoms with E-state index in [-0.39, 0.29) is 18.5 Å². The van der Waals surface area contributed by atoms with Crippen LogP contribution < -0.4 is 5.32 Å². The van der Waals surface area contributed by atoms with E-state index in [2.05, 4.69) is 5.32 Å². The summed E-state index contributed by atoms with van der Waals surface area (Å²) in [4.78, 5) is 23.1. The second-order valence-corrected chi connectivity index (χ2v) is 2.56. The fourth-order valence-electron chi connectivity index (χ4n) is 0.998. The van der Waals surface area contributed by atoms with Crippen LogP contribution in [0.25, 0.3) is 0 Å². The number of carbonyl (C=O) groups is 2. The van der Waals surface area contributed by atoms with E-state index in [1.165, 1.54) is 4.90 Å². The summed E-state index contributed by atoms with van der Waals surface area (Å²) in [5, 5.41) is 2.47. The maximum Gasteiger partial charge on any atom is 0.324 e. The smallest absolute Gasteiger partial charge is 0.324 e. The Balaban J connectivity index is 2.41. The summed E-state index contributed by atoms with van der Waals surface area (Å²) in [5.41, 5.74) is 0. The number of nitrogens with zero attached hydrogens (tertiary/aromatic N) is 1. The molecule has 0 unspecified atom stereocenters. The Morgan fingerprint density at radius 2 is 2.27 bits per heavy atom. The number of amides is 3. The molecule has 1 fully saturated rings. The first-order chi connectivity index (χ1) is 5.25. The summed E-state index contributed by atoms with van der Waals surface area (Å²) in [5.74, 6) is -0.108. The molecule has 4 nitrogen and oxygen atoms in total. The molecule has 0 bridgehead atoms. The lowest BCUT2D eigenvalue weighted by Gasteiger charge is -2.10. The standard InChI is InChI=1S/C7H12N2O2/c1-2-3-4-9-6(10)5-8-7(9)11/h2-5H2,1H3,(H,8,11). The molecule has 62 valence electrons. The molecular formula is C7H12N2O2. The fourth-order valence-corrected chi connectivity index (χ4v) is 0.998. The molecule has 0 aromatic rings. The molecule has 1 heterocycles. The zero-order valence-electron chi connectivity index (χ0n) is 6.59. The summed E-state index contributed by atoms with van der Waals surface area (Å²) in [7, 11) is 0. The van der Waals surface area contributed by atoms with E-state index in [4.69, 9.17) is 0 Å². The van der Waals surface area contributed by atoms with Crippen molar-refractivity contribution in [1.29, 1.82) is 0 Å². The van der Waals surface area contributed by atoms with Crippen molar-refractivity contribution in [2.75, 3.05) is 13.1 Å². The van der Waals surface area contributed by atoms with E-state index in [9.17, 15) is 9.59 Å². The Morgan fingerprint density at radius 3 is 2.73 bits per heavy atom. The molecule has 1 rings (SSSR count). The number of hydrogen-bond acceptors (Lipinski definition) is 2. The molecule has 1 aliphatic heterocycles. The van der Waals surface area contributed by atoms with Crippen LogP contribution in [-0.4, -0.2) is 29.9 Å². The van der Waals surface area contributed by atoms with Crippen molar-refractivity contribution in [2.45, 2.75) is 19.8 Å². The van der Waals surface area contributed by atoms with Crippen molar-refractivity contribution < 1.29 is 9.59 Å². The molecule has 1 N–H and O–H groups in total. The van der Waals surface area contributed by atoms with Crippen LogP contribution in [0, 0.1) is 0 Å². The minimum atomic E-state index is -0.247. The fraction of sp³-hybridized carbons (Fsp3) is 0.714. The van der Waals surface area contributed by atoms with E-state index in [1.54, 1.807) is 0 Å². The van der Waals surface area contributed by atoms with Gasteiger partial charge in [0.2, 0.25) is 5.91 Å². The van der Waals surface area contributed by atoms with Crippen LogP contribution in [0.4, 0.5) is 4.79 Å². The third kappa shape index (κ3) is 1.69. The van der Waals surface area contributed by atoms with Crippen LogP contribution >= 0.6 is 0 Å². The van der Waals surface area contributed by atoms with Crippen LogP contribution in [0.2, 0.25) is 0 Å². The summed E-state index contributed by atoms with van der Waals surface area (Å²) in [6.07, 6.45) is 1.89. The van der Waals surface area contributed by atoms with Gasteiger partial charge in [0.05, 0.1) is 6.54 Å². The highest BCUT2D eigenvalue weighted by atomic mass is 16.2. The van der Waals surface area contributed by atoms with Gasteiger partial charge in [-0.3, -0.25) is 9.69 Å². The van der Waals surface area contributed by atoms with E-state index in [1.807, 2.05) is 6.92 Å². The lowest BCUT2D eigenvalue weighted by Crippen LogP contribution is -2.31. The summed E-state index contributed by atoms with van der Waals surface area (Å²) < 4.78 is 0. The van der Waals surface area contributed by atoms with Gasteiger partial charge in [-0.1, -0.05) is 13.3 Å². The molecule has 1 saturated heterocycles. The molecule has 0 atom stereocenters. The summed E-state index contributed by atoms with van der Waals surface area (Å²) in [6.45, 7) is 2.75. The quantitative estimate of drug-likeness (QED) is 0.599. The number of carbonyl (C=O) groups excluding carboxylic acids is 2. The van der Waals surface area contributed by atoms with Crippen LogP contribution in [0.15, 0.2) is 0 Å². The van der Waals surface area contributed by atoms with Gasteiger partial charge in [0.15, 0.2) is 0 Å². The van der Waals surface area contributed by atoms with Crippen LogP contribution in [0.1, 0.15) is 19.8 Å². The SMILES string of the molecule is CCCCN1C(=O)CNC1=O. The van der Waals surface area contributed by atoms with Gasteiger partial charge >= 0.3 is 6.03 Å². The minimum absolute atomic E-state index is 0.108. The topological polar surface area (TPSA) is 49.4 Å². The second kappa shape index (κ2) is 3.37. The van der Waals surface area contributed by atoms with Crippen molar-refractivity contribution in [3.05, 3.63) is 0 Å². The zero-order valence-corrected chi connectivity index (χ0v) is 6.59. The minimum Gasteiger partial charge on any atom is -0.329 e.